The first-order valence-electron chi connectivity index (χ1n) is 12.6. The van der Waals surface area contributed by atoms with Gasteiger partial charge in [0.05, 0.1) is 23.0 Å². The van der Waals surface area contributed by atoms with E-state index in [0.717, 1.165) is 55.2 Å². The zero-order valence-electron chi connectivity index (χ0n) is 20.6. The van der Waals surface area contributed by atoms with Crippen LogP contribution in [-0.2, 0) is 19.6 Å². The van der Waals surface area contributed by atoms with Crippen molar-refractivity contribution in [3.63, 3.8) is 0 Å². The lowest BCUT2D eigenvalue weighted by molar-refractivity contribution is 0.0841. The number of aliphatic hydroxyl groups is 1. The summed E-state index contributed by atoms with van der Waals surface area (Å²) < 4.78 is 11.2. The van der Waals surface area contributed by atoms with E-state index >= 15 is 0 Å². The molecule has 9 heteroatoms. The molecule has 5 rings (SSSR count). The Hall–Kier alpha value is -3.43. The number of fused-ring (bicyclic) bond motifs is 1. The Morgan fingerprint density at radius 3 is 2.94 bits per heavy atom. The van der Waals surface area contributed by atoms with Crippen LogP contribution in [0.2, 0.25) is 0 Å². The smallest absolute Gasteiger partial charge is 0.253 e. The minimum Gasteiger partial charge on any atom is -0.486 e. The number of nitrogens with zero attached hydrogens (tertiary/aromatic N) is 3. The molecule has 9 nitrogen and oxygen atoms in total. The molecule has 0 spiro atoms. The minimum atomic E-state index is -0.660. The molecule has 3 N–H and O–H groups in total. The van der Waals surface area contributed by atoms with E-state index in [1.54, 1.807) is 12.4 Å². The number of carbonyl (C=O) groups excluding carboxylic acids is 1. The zero-order valence-corrected chi connectivity index (χ0v) is 20.6. The van der Waals surface area contributed by atoms with Gasteiger partial charge in [-0.1, -0.05) is 6.07 Å². The van der Waals surface area contributed by atoms with Crippen molar-refractivity contribution in [1.82, 2.24) is 20.2 Å². The molecule has 0 radical (unpaired) electrons. The SMILES string of the molecule is Cc1ncoc1COc1ccc2c(c1)CCN(CC(O)CNC(=O)c1cncc(NC3CCC3)c1)C2. The van der Waals surface area contributed by atoms with E-state index in [-0.39, 0.29) is 12.5 Å². The number of hydrogen-bond donors (Lipinski definition) is 3. The average Bonchev–Trinajstić information content (AvgIpc) is 3.28. The van der Waals surface area contributed by atoms with E-state index in [0.29, 0.717) is 24.8 Å². The van der Waals surface area contributed by atoms with Crippen molar-refractivity contribution in [2.24, 2.45) is 0 Å². The van der Waals surface area contributed by atoms with Gasteiger partial charge < -0.3 is 24.9 Å². The number of benzene rings is 1. The van der Waals surface area contributed by atoms with Gasteiger partial charge in [0.15, 0.2) is 12.2 Å². The summed E-state index contributed by atoms with van der Waals surface area (Å²) in [5, 5.41) is 16.8. The summed E-state index contributed by atoms with van der Waals surface area (Å²) in [5.41, 5.74) is 4.67. The highest BCUT2D eigenvalue weighted by atomic mass is 16.5. The second kappa shape index (κ2) is 11.1. The maximum Gasteiger partial charge on any atom is 0.253 e. The van der Waals surface area contributed by atoms with Crippen molar-refractivity contribution < 1.29 is 19.1 Å². The van der Waals surface area contributed by atoms with E-state index in [1.165, 1.54) is 23.9 Å². The van der Waals surface area contributed by atoms with Gasteiger partial charge in [0.2, 0.25) is 0 Å². The molecule has 1 aliphatic heterocycles. The molecule has 2 aromatic heterocycles. The van der Waals surface area contributed by atoms with Crippen molar-refractivity contribution in [3.05, 3.63) is 71.2 Å². The summed E-state index contributed by atoms with van der Waals surface area (Å²) in [6, 6.07) is 8.42. The second-order valence-corrected chi connectivity index (χ2v) is 9.66. The maximum absolute atomic E-state index is 12.6. The molecule has 0 saturated heterocycles. The molecule has 2 aliphatic rings. The predicted octanol–water partition coefficient (Wildman–Crippen LogP) is 3.07. The minimum absolute atomic E-state index is 0.191. The van der Waals surface area contributed by atoms with E-state index in [2.05, 4.69) is 37.6 Å². The standard InChI is InChI=1S/C27H33N5O4/c1-18-26(36-17-30-18)16-35-25-6-5-20-14-32(8-7-19(20)10-25)15-24(33)13-29-27(34)21-9-23(12-28-11-21)31-22-3-2-4-22/h5-6,9-12,17,22,24,31,33H,2-4,7-8,13-16H2,1H3,(H,29,34). The van der Waals surface area contributed by atoms with Crippen LogP contribution in [0.3, 0.4) is 0 Å². The summed E-state index contributed by atoms with van der Waals surface area (Å²) in [5.74, 6) is 1.31. The number of hydrogen-bond acceptors (Lipinski definition) is 8. The topological polar surface area (TPSA) is 113 Å². The Morgan fingerprint density at radius 2 is 2.17 bits per heavy atom. The number of aliphatic hydroxyl groups excluding tert-OH is 1. The Kier molecular flexibility index (Phi) is 7.48. The van der Waals surface area contributed by atoms with E-state index < -0.39 is 6.10 Å². The van der Waals surface area contributed by atoms with Crippen LogP contribution in [0.1, 0.15) is 52.2 Å². The molecule has 1 atom stereocenters. The van der Waals surface area contributed by atoms with E-state index in [4.69, 9.17) is 9.15 Å². The number of oxazole rings is 1. The van der Waals surface area contributed by atoms with Crippen LogP contribution < -0.4 is 15.4 Å². The third-order valence-electron chi connectivity index (χ3n) is 6.93. The number of β-amino-alcohol motifs (C(OH)–C–C–N with tert-alkyl or cyclic N) is 1. The van der Waals surface area contributed by atoms with Gasteiger partial charge in [-0.25, -0.2) is 4.98 Å². The van der Waals surface area contributed by atoms with E-state index in [1.807, 2.05) is 19.1 Å². The summed E-state index contributed by atoms with van der Waals surface area (Å²) in [4.78, 5) is 23.1. The summed E-state index contributed by atoms with van der Waals surface area (Å²) >= 11 is 0. The third kappa shape index (κ3) is 6.03. The lowest BCUT2D eigenvalue weighted by Gasteiger charge is -2.30. The van der Waals surface area contributed by atoms with Gasteiger partial charge in [0.25, 0.3) is 5.91 Å². The Labute approximate surface area is 210 Å². The van der Waals surface area contributed by atoms with Crippen LogP contribution >= 0.6 is 0 Å². The number of ether oxygens (including phenoxy) is 1. The molecule has 190 valence electrons. The number of amides is 1. The molecule has 1 aromatic carbocycles. The zero-order chi connectivity index (χ0) is 24.9. The van der Waals surface area contributed by atoms with Gasteiger partial charge in [0.1, 0.15) is 12.4 Å². The first-order chi connectivity index (χ1) is 17.5. The van der Waals surface area contributed by atoms with Gasteiger partial charge in [-0.3, -0.25) is 14.7 Å². The van der Waals surface area contributed by atoms with Crippen LogP contribution in [0, 0.1) is 6.92 Å². The number of pyridine rings is 1. The highest BCUT2D eigenvalue weighted by Crippen LogP contribution is 2.25. The molecular weight excluding hydrogens is 458 g/mol. The van der Waals surface area contributed by atoms with Crippen molar-refractivity contribution in [2.75, 3.05) is 25.0 Å². The first-order valence-corrected chi connectivity index (χ1v) is 12.6. The van der Waals surface area contributed by atoms with Crippen molar-refractivity contribution in [1.29, 1.82) is 0 Å². The number of rotatable bonds is 10. The summed E-state index contributed by atoms with van der Waals surface area (Å²) in [6.45, 7) is 4.52. The van der Waals surface area contributed by atoms with Gasteiger partial charge >= 0.3 is 0 Å². The summed E-state index contributed by atoms with van der Waals surface area (Å²) in [7, 11) is 0. The van der Waals surface area contributed by atoms with Gasteiger partial charge in [-0.15, -0.1) is 0 Å². The fourth-order valence-corrected chi connectivity index (χ4v) is 4.55. The molecule has 3 heterocycles. The highest BCUT2D eigenvalue weighted by Gasteiger charge is 2.21. The quantitative estimate of drug-likeness (QED) is 0.397. The highest BCUT2D eigenvalue weighted by molar-refractivity contribution is 5.94. The first kappa shape index (κ1) is 24.3. The third-order valence-corrected chi connectivity index (χ3v) is 6.93. The molecule has 0 bridgehead atoms. The number of carbonyl (C=O) groups is 1. The van der Waals surface area contributed by atoms with Gasteiger partial charge in [0, 0.05) is 44.6 Å². The Morgan fingerprint density at radius 1 is 1.28 bits per heavy atom. The number of aromatic nitrogens is 2. The fourth-order valence-electron chi connectivity index (χ4n) is 4.55. The Bertz CT molecular complexity index is 1190. The largest absolute Gasteiger partial charge is 0.486 e. The molecule has 1 amide bonds. The van der Waals surface area contributed by atoms with Crippen molar-refractivity contribution in [2.45, 2.75) is 57.9 Å². The lowest BCUT2D eigenvalue weighted by Crippen LogP contribution is -2.42. The molecular formula is C27H33N5O4. The van der Waals surface area contributed by atoms with Gasteiger partial charge in [-0.2, -0.15) is 0 Å². The van der Waals surface area contributed by atoms with Crippen LogP contribution in [0.15, 0.2) is 47.5 Å². The molecule has 1 fully saturated rings. The normalized spacial score (nSPS) is 16.6. The summed E-state index contributed by atoms with van der Waals surface area (Å²) in [6.07, 6.45) is 8.49. The van der Waals surface area contributed by atoms with Crippen molar-refractivity contribution >= 4 is 11.6 Å². The average molecular weight is 492 g/mol. The fraction of sp³-hybridized carbons (Fsp3) is 0.444. The maximum atomic E-state index is 12.6. The predicted molar refractivity (Wildman–Crippen MR) is 135 cm³/mol. The van der Waals surface area contributed by atoms with E-state index in [9.17, 15) is 9.90 Å². The molecule has 3 aromatic rings. The second-order valence-electron chi connectivity index (χ2n) is 9.66. The number of anilines is 1. The van der Waals surface area contributed by atoms with Crippen LogP contribution in [0.25, 0.3) is 0 Å². The number of nitrogens with one attached hydrogen (secondary N) is 2. The lowest BCUT2D eigenvalue weighted by atomic mass is 9.93. The molecule has 1 saturated carbocycles. The number of aryl methyl sites for hydroxylation is 1. The van der Waals surface area contributed by atoms with Crippen LogP contribution in [0.5, 0.6) is 5.75 Å². The monoisotopic (exact) mass is 491 g/mol. The molecule has 1 unspecified atom stereocenters. The molecule has 36 heavy (non-hydrogen) atoms. The molecule has 1 aliphatic carbocycles. The Balaban J connectivity index is 1.07. The van der Waals surface area contributed by atoms with Crippen molar-refractivity contribution in [3.8, 4) is 5.75 Å². The van der Waals surface area contributed by atoms with Crippen LogP contribution in [-0.4, -0.2) is 57.7 Å². The van der Waals surface area contributed by atoms with Crippen LogP contribution in [0.4, 0.5) is 5.69 Å². The van der Waals surface area contributed by atoms with Gasteiger partial charge in [-0.05, 0) is 61.9 Å².